The van der Waals surface area contributed by atoms with Crippen LogP contribution in [0.25, 0.3) is 0 Å². The van der Waals surface area contributed by atoms with Crippen LogP contribution in [0.3, 0.4) is 0 Å². The van der Waals surface area contributed by atoms with Gasteiger partial charge in [-0.25, -0.2) is 8.42 Å². The van der Waals surface area contributed by atoms with Gasteiger partial charge in [-0.3, -0.25) is 0 Å². The molecule has 0 amide bonds. The van der Waals surface area contributed by atoms with E-state index in [4.69, 9.17) is 22.1 Å². The molecule has 1 fully saturated rings. The van der Waals surface area contributed by atoms with Crippen molar-refractivity contribution in [3.05, 3.63) is 34.9 Å². The molecular weight excluding hydrogens is 298 g/mol. The van der Waals surface area contributed by atoms with Crippen molar-refractivity contribution in [1.82, 2.24) is 0 Å². The quantitative estimate of drug-likeness (QED) is 0.871. The van der Waals surface area contributed by atoms with Gasteiger partial charge in [-0.2, -0.15) is 0 Å². The Labute approximate surface area is 125 Å². The van der Waals surface area contributed by atoms with E-state index in [2.05, 4.69) is 0 Å². The third-order valence-corrected chi connectivity index (χ3v) is 6.42. The summed E-state index contributed by atoms with van der Waals surface area (Å²) in [7, 11) is -3.21. The number of benzene rings is 1. The lowest BCUT2D eigenvalue weighted by molar-refractivity contribution is 0.125. The normalized spacial score (nSPS) is 29.4. The fourth-order valence-corrected chi connectivity index (χ4v) is 4.87. The van der Waals surface area contributed by atoms with Gasteiger partial charge < -0.3 is 10.5 Å². The molecule has 112 valence electrons. The Morgan fingerprint density at radius 2 is 1.90 bits per heavy atom. The molecule has 1 aliphatic carbocycles. The maximum Gasteiger partial charge on any atom is 0.155 e. The minimum absolute atomic E-state index is 0.0901. The average molecular weight is 318 g/mol. The van der Waals surface area contributed by atoms with Gasteiger partial charge >= 0.3 is 0 Å². The summed E-state index contributed by atoms with van der Waals surface area (Å²) in [6.07, 6.45) is 0. The van der Waals surface area contributed by atoms with Crippen molar-refractivity contribution in [2.45, 2.75) is 30.6 Å². The summed E-state index contributed by atoms with van der Waals surface area (Å²) < 4.78 is 29.8. The molecule has 6 heteroatoms. The molecule has 1 aromatic carbocycles. The van der Waals surface area contributed by atoms with E-state index in [-0.39, 0.29) is 18.3 Å². The zero-order chi connectivity index (χ0) is 15.0. The van der Waals surface area contributed by atoms with Gasteiger partial charge in [-0.1, -0.05) is 30.7 Å². The highest BCUT2D eigenvalue weighted by molar-refractivity contribution is 7.92. The van der Waals surface area contributed by atoms with Crippen molar-refractivity contribution in [2.75, 3.05) is 19.0 Å². The molecule has 0 bridgehead atoms. The van der Waals surface area contributed by atoms with Gasteiger partial charge in [-0.05, 0) is 24.6 Å². The zero-order valence-electron chi connectivity index (χ0n) is 11.7. The van der Waals surface area contributed by atoms with Gasteiger partial charge in [0.25, 0.3) is 0 Å². The van der Waals surface area contributed by atoms with E-state index in [0.717, 1.165) is 5.56 Å². The van der Waals surface area contributed by atoms with E-state index in [9.17, 15) is 8.42 Å². The third kappa shape index (κ3) is 2.72. The van der Waals surface area contributed by atoms with Crippen LogP contribution in [0.15, 0.2) is 24.3 Å². The molecule has 0 spiro atoms. The molecule has 1 saturated carbocycles. The van der Waals surface area contributed by atoms with E-state index in [1.54, 1.807) is 19.1 Å². The maximum absolute atomic E-state index is 12.2. The van der Waals surface area contributed by atoms with E-state index in [0.29, 0.717) is 11.6 Å². The Kier molecular flexibility index (Phi) is 4.44. The molecule has 0 aliphatic heterocycles. The number of nitrogens with two attached hydrogens (primary N) is 1. The summed E-state index contributed by atoms with van der Waals surface area (Å²) in [6.45, 7) is 4.28. The zero-order valence-corrected chi connectivity index (χ0v) is 13.2. The number of halogens is 1. The first-order valence-corrected chi connectivity index (χ1v) is 8.79. The Morgan fingerprint density at radius 1 is 1.30 bits per heavy atom. The molecule has 1 aromatic rings. The molecule has 0 radical (unpaired) electrons. The molecule has 20 heavy (non-hydrogen) atoms. The van der Waals surface area contributed by atoms with E-state index < -0.39 is 20.6 Å². The summed E-state index contributed by atoms with van der Waals surface area (Å²) in [4.78, 5) is 0. The number of rotatable bonds is 6. The molecule has 0 heterocycles. The van der Waals surface area contributed by atoms with Crippen LogP contribution in [0.5, 0.6) is 0 Å². The highest BCUT2D eigenvalue weighted by atomic mass is 35.5. The summed E-state index contributed by atoms with van der Waals surface area (Å²) in [5.74, 6) is -0.136. The van der Waals surface area contributed by atoms with Gasteiger partial charge in [0, 0.05) is 23.3 Å². The molecule has 2 N–H and O–H groups in total. The van der Waals surface area contributed by atoms with Crippen LogP contribution in [0, 0.1) is 0 Å². The summed E-state index contributed by atoms with van der Waals surface area (Å²) in [5.41, 5.74) is 6.38. The van der Waals surface area contributed by atoms with Crippen LogP contribution in [0.4, 0.5) is 0 Å². The minimum Gasteiger partial charge on any atom is -0.380 e. The van der Waals surface area contributed by atoms with Crippen molar-refractivity contribution in [3.63, 3.8) is 0 Å². The third-order valence-electron chi connectivity index (χ3n) is 3.88. The predicted molar refractivity (Wildman–Crippen MR) is 80.9 cm³/mol. The molecular formula is C14H20ClNO3S. The van der Waals surface area contributed by atoms with Crippen LogP contribution in [-0.4, -0.2) is 38.2 Å². The SMILES string of the molecule is CCOC[C@@]1(N)[C@H](c2ccc(Cl)cc2)[C@@H]1S(=O)(=O)CC. The van der Waals surface area contributed by atoms with Crippen molar-refractivity contribution in [1.29, 1.82) is 0 Å². The van der Waals surface area contributed by atoms with E-state index in [1.807, 2.05) is 19.1 Å². The minimum atomic E-state index is -3.21. The lowest BCUT2D eigenvalue weighted by atomic mass is 10.1. The first-order chi connectivity index (χ1) is 9.36. The number of hydrogen-bond acceptors (Lipinski definition) is 4. The second-order valence-corrected chi connectivity index (χ2v) is 8.00. The molecule has 0 aromatic heterocycles. The van der Waals surface area contributed by atoms with Crippen molar-refractivity contribution < 1.29 is 13.2 Å². The predicted octanol–water partition coefficient (Wildman–Crippen LogP) is 1.97. The lowest BCUT2D eigenvalue weighted by Crippen LogP contribution is -2.36. The summed E-state index contributed by atoms with van der Waals surface area (Å²) in [6, 6.07) is 7.19. The highest BCUT2D eigenvalue weighted by Gasteiger charge is 2.68. The molecule has 1 aliphatic rings. The van der Waals surface area contributed by atoms with Crippen LogP contribution < -0.4 is 5.73 Å². The van der Waals surface area contributed by atoms with Gasteiger partial charge in [0.2, 0.25) is 0 Å². The fraction of sp³-hybridized carbons (Fsp3) is 0.571. The topological polar surface area (TPSA) is 69.4 Å². The van der Waals surface area contributed by atoms with Gasteiger partial charge in [0.05, 0.1) is 17.4 Å². The first-order valence-electron chi connectivity index (χ1n) is 6.70. The molecule has 3 atom stereocenters. The largest absolute Gasteiger partial charge is 0.380 e. The summed E-state index contributed by atoms with van der Waals surface area (Å²) >= 11 is 5.87. The Bertz CT molecular complexity index is 573. The monoisotopic (exact) mass is 317 g/mol. The van der Waals surface area contributed by atoms with Crippen LogP contribution in [0.2, 0.25) is 5.02 Å². The molecule has 4 nitrogen and oxygen atoms in total. The maximum atomic E-state index is 12.2. The fourth-order valence-electron chi connectivity index (χ4n) is 2.75. The van der Waals surface area contributed by atoms with Gasteiger partial charge in [-0.15, -0.1) is 0 Å². The Balaban J connectivity index is 2.32. The van der Waals surface area contributed by atoms with Gasteiger partial charge in [0.15, 0.2) is 9.84 Å². The van der Waals surface area contributed by atoms with E-state index in [1.165, 1.54) is 0 Å². The molecule has 2 rings (SSSR count). The van der Waals surface area contributed by atoms with Gasteiger partial charge in [0.1, 0.15) is 0 Å². The highest BCUT2D eigenvalue weighted by Crippen LogP contribution is 2.54. The number of ether oxygens (including phenoxy) is 1. The number of sulfone groups is 1. The Hall–Kier alpha value is -0.620. The second kappa shape index (κ2) is 5.64. The van der Waals surface area contributed by atoms with Crippen LogP contribution in [-0.2, 0) is 14.6 Å². The smallest absolute Gasteiger partial charge is 0.155 e. The second-order valence-electron chi connectivity index (χ2n) is 5.15. The van der Waals surface area contributed by atoms with Crippen molar-refractivity contribution in [2.24, 2.45) is 5.73 Å². The van der Waals surface area contributed by atoms with E-state index >= 15 is 0 Å². The van der Waals surface area contributed by atoms with Crippen molar-refractivity contribution in [3.8, 4) is 0 Å². The summed E-state index contributed by atoms with van der Waals surface area (Å²) in [5, 5.41) is 0.0458. The standard InChI is InChI=1S/C14H20ClNO3S/c1-3-19-9-14(16)12(13(14)20(17,18)4-2)10-5-7-11(15)8-6-10/h5-8,12-13H,3-4,9,16H2,1-2H3/t12-,13+,14-/m1/s1. The van der Waals surface area contributed by atoms with Crippen LogP contribution in [0.1, 0.15) is 25.3 Å². The Morgan fingerprint density at radius 3 is 2.40 bits per heavy atom. The first kappa shape index (κ1) is 15.8. The van der Waals surface area contributed by atoms with Crippen LogP contribution >= 0.6 is 11.6 Å². The molecule has 0 unspecified atom stereocenters. The lowest BCUT2D eigenvalue weighted by Gasteiger charge is -2.12. The average Bonchev–Trinajstić information content (AvgIpc) is 3.05. The molecule has 0 saturated heterocycles. The van der Waals surface area contributed by atoms with Crippen molar-refractivity contribution >= 4 is 21.4 Å². The number of hydrogen-bond donors (Lipinski definition) is 1.